The second kappa shape index (κ2) is 39.3. The Morgan fingerprint density at radius 1 is 0.508 bits per heavy atom. The molecule has 2 aromatic carbocycles. The Morgan fingerprint density at radius 3 is 1.59 bits per heavy atom. The van der Waals surface area contributed by atoms with Crippen LogP contribution in [0.15, 0.2) is 72.3 Å². The van der Waals surface area contributed by atoms with Crippen molar-refractivity contribution < 1.29 is 27.5 Å². The number of hydrogen-bond donors (Lipinski definition) is 0. The second-order valence-electron chi connectivity index (χ2n) is 17.4. The van der Waals surface area contributed by atoms with Crippen LogP contribution in [0.2, 0.25) is 0 Å². The van der Waals surface area contributed by atoms with Gasteiger partial charge in [-0.3, -0.25) is 0 Å². The fraction of sp³-hybridized carbons (Fsp3) is 0.679. The molecule has 0 aliphatic carbocycles. The molecule has 0 aromatic heterocycles. The Balaban J connectivity index is 0.00000102. The van der Waals surface area contributed by atoms with E-state index in [-0.39, 0.29) is 0 Å². The molecule has 61 heavy (non-hydrogen) atoms. The van der Waals surface area contributed by atoms with Crippen LogP contribution in [0.1, 0.15) is 243 Å². The van der Waals surface area contributed by atoms with E-state index in [4.69, 9.17) is 7.76 Å². The van der Waals surface area contributed by atoms with Crippen molar-refractivity contribution in [3.8, 4) is 0 Å². The predicted octanol–water partition coefficient (Wildman–Crippen LogP) is 18.5. The molecule has 348 valence electrons. The van der Waals surface area contributed by atoms with Crippen LogP contribution < -0.4 is 0 Å². The van der Waals surface area contributed by atoms with Crippen LogP contribution in [-0.4, -0.2) is 17.9 Å². The number of aryl methyl sites for hydroxylation is 2. The van der Waals surface area contributed by atoms with E-state index < -0.39 is 0 Å². The monoisotopic (exact) mass is 883 g/mol. The first-order chi connectivity index (χ1) is 30.1. The molecule has 4 nitrogen and oxygen atoms in total. The standard InChI is InChI=1S/C48H74N2.2C4H9O.Ni/c1-4-7-10-11-12-13-14-15-16-17-18-19-20-21-22-23-24-25-26-27-28-29-36-43-37-30-31-39-46(43)47-41-45(35-9-6-3)48(50(47)49)44-38-32-34-42(40-44)33-8-5-2;2*1-2-3-4-5;/h27-28,30-32,34,37-41H,4-26,29,33,35-36H2,1-3H3;2*2-4H2,1H3;/q;2*-1;+2. The van der Waals surface area contributed by atoms with E-state index in [0.29, 0.717) is 0 Å². The molecule has 1 heterocycles. The Hall–Kier alpha value is -2.33. The van der Waals surface area contributed by atoms with Crippen molar-refractivity contribution in [2.45, 2.75) is 234 Å². The summed E-state index contributed by atoms with van der Waals surface area (Å²) in [4.78, 5) is 0. The molecule has 0 radical (unpaired) electrons. The first-order valence-electron chi connectivity index (χ1n) is 25.7. The van der Waals surface area contributed by atoms with Crippen LogP contribution in [-0.2, 0) is 35.7 Å². The van der Waals surface area contributed by atoms with Crippen molar-refractivity contribution >= 4 is 11.4 Å². The minimum absolute atomic E-state index is 0.808. The molecule has 5 heteroatoms. The Labute approximate surface area is 384 Å². The number of rotatable bonds is 38. The minimum atomic E-state index is 0.808. The predicted molar refractivity (Wildman–Crippen MR) is 262 cm³/mol. The fourth-order valence-electron chi connectivity index (χ4n) is 7.95. The number of nitrogens with zero attached hydrogens (tertiary/aromatic N) is 2. The third kappa shape index (κ3) is 26.2. The normalized spacial score (nSPS) is 12.8. The van der Waals surface area contributed by atoms with E-state index in [9.17, 15) is 5.53 Å². The van der Waals surface area contributed by atoms with Crippen molar-refractivity contribution in [3.05, 3.63) is 100 Å². The quantitative estimate of drug-likeness (QED) is 0.0292. The van der Waals surface area contributed by atoms with Gasteiger partial charge in [0.1, 0.15) is 0 Å². The topological polar surface area (TPSA) is 43.8 Å². The SMILES string of the molecule is CCCCCCCCCCCCCCCCCCCCC=CCCc1ccccc1C1=CC(CCCC)=C(c2cccc(CCCC)c2)[N+]1=[N-].CCCC[O][Ni][O]CCCC. The number of allylic oxidation sites excluding steroid dienone is 4. The molecular formula is C56H92N2NiO2. The first kappa shape index (κ1) is 54.8. The number of hydrogen-bond acceptors (Lipinski definition) is 2. The summed E-state index contributed by atoms with van der Waals surface area (Å²) < 4.78 is 11.8. The van der Waals surface area contributed by atoms with Gasteiger partial charge in [-0.25, -0.2) is 4.70 Å². The Bertz CT molecular complexity index is 1450. The molecule has 1 aliphatic heterocycles. The van der Waals surface area contributed by atoms with Crippen molar-refractivity contribution in [1.82, 2.24) is 0 Å². The molecule has 0 unspecified atom stereocenters. The van der Waals surface area contributed by atoms with Gasteiger partial charge in [0.25, 0.3) is 0 Å². The van der Waals surface area contributed by atoms with Gasteiger partial charge in [-0.1, -0.05) is 185 Å². The van der Waals surface area contributed by atoms with Gasteiger partial charge < -0.3 is 5.53 Å². The van der Waals surface area contributed by atoms with Crippen LogP contribution in [0.25, 0.3) is 16.9 Å². The Morgan fingerprint density at radius 2 is 1.02 bits per heavy atom. The second-order valence-corrected chi connectivity index (χ2v) is 18.2. The zero-order valence-corrected chi connectivity index (χ0v) is 41.2. The van der Waals surface area contributed by atoms with E-state index in [1.165, 1.54) is 169 Å². The molecule has 0 fully saturated rings. The molecule has 0 bridgehead atoms. The van der Waals surface area contributed by atoms with Gasteiger partial charge in [0.15, 0.2) is 0 Å². The number of unbranched alkanes of at least 4 members (excludes halogenated alkanes) is 22. The van der Waals surface area contributed by atoms with Gasteiger partial charge in [-0.15, -0.1) is 0 Å². The third-order valence-electron chi connectivity index (χ3n) is 11.8. The zero-order valence-electron chi connectivity index (χ0n) is 40.2. The summed E-state index contributed by atoms with van der Waals surface area (Å²) in [6, 6.07) is 17.5. The molecule has 0 N–H and O–H groups in total. The van der Waals surface area contributed by atoms with Gasteiger partial charge in [0.05, 0.1) is 0 Å². The maximum atomic E-state index is 11.7. The van der Waals surface area contributed by atoms with Crippen molar-refractivity contribution in [1.29, 1.82) is 0 Å². The van der Waals surface area contributed by atoms with Gasteiger partial charge >= 0.3 is 75.6 Å². The van der Waals surface area contributed by atoms with E-state index in [1.807, 2.05) is 0 Å². The van der Waals surface area contributed by atoms with Crippen LogP contribution in [0, 0.1) is 0 Å². The Kier molecular flexibility index (Phi) is 35.3. The first-order valence-corrected chi connectivity index (χ1v) is 26.5. The van der Waals surface area contributed by atoms with Crippen LogP contribution in [0.5, 0.6) is 0 Å². The maximum absolute atomic E-state index is 11.7. The molecule has 0 amide bonds. The molecule has 0 atom stereocenters. The fourth-order valence-corrected chi connectivity index (χ4v) is 8.48. The summed E-state index contributed by atoms with van der Waals surface area (Å²) in [6.45, 7) is 12.7. The summed E-state index contributed by atoms with van der Waals surface area (Å²) in [7, 11) is 0. The van der Waals surface area contributed by atoms with E-state index in [2.05, 4.69) is 101 Å². The van der Waals surface area contributed by atoms with Gasteiger partial charge in [-0.2, -0.15) is 0 Å². The molecule has 2 aromatic rings. The summed E-state index contributed by atoms with van der Waals surface area (Å²) in [5, 5.41) is 0. The molecule has 0 spiro atoms. The van der Waals surface area contributed by atoms with Crippen molar-refractivity contribution in [3.63, 3.8) is 0 Å². The van der Waals surface area contributed by atoms with Gasteiger partial charge in [0, 0.05) is 22.8 Å². The van der Waals surface area contributed by atoms with E-state index in [1.54, 1.807) is 0 Å². The average Bonchev–Trinajstić information content (AvgIpc) is 3.61. The third-order valence-corrected chi connectivity index (χ3v) is 12.5. The van der Waals surface area contributed by atoms with Gasteiger partial charge in [0.2, 0.25) is 11.4 Å². The summed E-state index contributed by atoms with van der Waals surface area (Å²) in [5.74, 6) is 0. The van der Waals surface area contributed by atoms with Crippen LogP contribution >= 0.6 is 0 Å². The van der Waals surface area contributed by atoms with E-state index in [0.717, 1.165) is 102 Å². The molecule has 1 aliphatic rings. The summed E-state index contributed by atoms with van der Waals surface area (Å²) in [6.07, 6.45) is 47.3. The zero-order chi connectivity index (χ0) is 43.9. The van der Waals surface area contributed by atoms with Gasteiger partial charge in [-0.05, 0) is 80.7 Å². The molecule has 0 saturated heterocycles. The van der Waals surface area contributed by atoms with E-state index >= 15 is 0 Å². The molecular weight excluding hydrogens is 791 g/mol. The summed E-state index contributed by atoms with van der Waals surface area (Å²) >= 11 is 0.968. The van der Waals surface area contributed by atoms with Crippen molar-refractivity contribution in [2.75, 3.05) is 13.2 Å². The van der Waals surface area contributed by atoms with Crippen LogP contribution in [0.4, 0.5) is 0 Å². The number of benzene rings is 2. The van der Waals surface area contributed by atoms with Crippen LogP contribution in [0.3, 0.4) is 0 Å². The molecule has 0 saturated carbocycles. The van der Waals surface area contributed by atoms with Crippen molar-refractivity contribution in [2.24, 2.45) is 0 Å². The molecule has 3 rings (SSSR count). The average molecular weight is 884 g/mol. The summed E-state index contributed by atoms with van der Waals surface area (Å²) in [5.41, 5.74) is 19.7.